The van der Waals surface area contributed by atoms with Gasteiger partial charge in [0, 0.05) is 0 Å². The molecule has 1 heterocycles. The zero-order valence-corrected chi connectivity index (χ0v) is 11.8. The van der Waals surface area contributed by atoms with E-state index in [0.717, 1.165) is 27.8 Å². The number of aromatic nitrogens is 2. The van der Waals surface area contributed by atoms with E-state index in [-0.39, 0.29) is 0 Å². The molecule has 1 aliphatic rings. The van der Waals surface area contributed by atoms with Gasteiger partial charge in [0.15, 0.2) is 0 Å². The molecule has 0 spiro atoms. The quantitative estimate of drug-likeness (QED) is 0.858. The van der Waals surface area contributed by atoms with Crippen molar-refractivity contribution in [2.24, 2.45) is 11.8 Å². The van der Waals surface area contributed by atoms with Crippen LogP contribution in [0.25, 0.3) is 0 Å². The zero-order valence-electron chi connectivity index (χ0n) is 10.2. The van der Waals surface area contributed by atoms with Gasteiger partial charge in [-0.3, -0.25) is 0 Å². The third kappa shape index (κ3) is 2.12. The molecule has 16 heavy (non-hydrogen) atoms. The topological polar surface area (TPSA) is 43.8 Å². The number of hydrogen-bond acceptors (Lipinski definition) is 2. The Labute approximate surface area is 106 Å². The fourth-order valence-electron chi connectivity index (χ4n) is 2.93. The number of hydrogen-bond donors (Lipinski definition) is 1. The summed E-state index contributed by atoms with van der Waals surface area (Å²) in [6, 6.07) is 0.476. The summed E-state index contributed by atoms with van der Waals surface area (Å²) in [5.41, 5.74) is 7.07. The van der Waals surface area contributed by atoms with Crippen molar-refractivity contribution in [3.05, 3.63) is 10.2 Å². The summed E-state index contributed by atoms with van der Waals surface area (Å²) >= 11 is 3.49. The molecule has 2 rings (SSSR count). The number of halogens is 1. The molecule has 1 aromatic heterocycles. The van der Waals surface area contributed by atoms with E-state index in [2.05, 4.69) is 34.9 Å². The highest BCUT2D eigenvalue weighted by Crippen LogP contribution is 2.38. The van der Waals surface area contributed by atoms with E-state index in [9.17, 15) is 0 Å². The summed E-state index contributed by atoms with van der Waals surface area (Å²) in [6.45, 7) is 6.64. The molecule has 90 valence electrons. The standard InChI is InChI=1S/C12H20BrN3/c1-7-4-8(2)6-10(5-7)16-12(14)11(13)9(3)15-16/h7-8,10H,4-6,14H2,1-3H3. The van der Waals surface area contributed by atoms with Gasteiger partial charge in [0.25, 0.3) is 0 Å². The van der Waals surface area contributed by atoms with E-state index in [4.69, 9.17) is 5.73 Å². The van der Waals surface area contributed by atoms with Crippen LogP contribution in [-0.4, -0.2) is 9.78 Å². The predicted molar refractivity (Wildman–Crippen MR) is 70.3 cm³/mol. The van der Waals surface area contributed by atoms with Gasteiger partial charge in [-0.05, 0) is 54.0 Å². The van der Waals surface area contributed by atoms with Crippen LogP contribution in [0, 0.1) is 18.8 Å². The first-order valence-corrected chi connectivity index (χ1v) is 6.78. The van der Waals surface area contributed by atoms with Crippen molar-refractivity contribution in [2.45, 2.75) is 46.1 Å². The molecule has 2 N–H and O–H groups in total. The van der Waals surface area contributed by atoms with Gasteiger partial charge < -0.3 is 5.73 Å². The molecule has 0 radical (unpaired) electrons. The fourth-order valence-corrected chi connectivity index (χ4v) is 3.19. The number of nitrogens with two attached hydrogens (primary N) is 1. The SMILES string of the molecule is Cc1nn(C2CC(C)CC(C)C2)c(N)c1Br. The van der Waals surface area contributed by atoms with Crippen LogP contribution in [0.1, 0.15) is 44.8 Å². The molecule has 1 fully saturated rings. The molecule has 0 saturated heterocycles. The highest BCUT2D eigenvalue weighted by Gasteiger charge is 2.27. The van der Waals surface area contributed by atoms with Gasteiger partial charge in [0.1, 0.15) is 5.82 Å². The van der Waals surface area contributed by atoms with Gasteiger partial charge in [-0.1, -0.05) is 13.8 Å². The van der Waals surface area contributed by atoms with Crippen LogP contribution in [0.3, 0.4) is 0 Å². The monoisotopic (exact) mass is 285 g/mol. The first-order chi connectivity index (χ1) is 7.49. The molecule has 0 aromatic carbocycles. The Kier molecular flexibility index (Phi) is 3.29. The minimum absolute atomic E-state index is 0.476. The van der Waals surface area contributed by atoms with Crippen molar-refractivity contribution in [3.8, 4) is 0 Å². The first kappa shape index (κ1) is 12.0. The molecule has 2 unspecified atom stereocenters. The number of rotatable bonds is 1. The third-order valence-corrected chi connectivity index (χ3v) is 4.53. The Morgan fingerprint density at radius 3 is 2.25 bits per heavy atom. The minimum atomic E-state index is 0.476. The fraction of sp³-hybridized carbons (Fsp3) is 0.750. The number of nitrogen functional groups attached to an aromatic ring is 1. The molecule has 3 nitrogen and oxygen atoms in total. The van der Waals surface area contributed by atoms with Gasteiger partial charge in [0.2, 0.25) is 0 Å². The zero-order chi connectivity index (χ0) is 11.9. The maximum absolute atomic E-state index is 6.08. The summed E-state index contributed by atoms with van der Waals surface area (Å²) in [5, 5.41) is 4.55. The highest BCUT2D eigenvalue weighted by atomic mass is 79.9. The molecule has 4 heteroatoms. The summed E-state index contributed by atoms with van der Waals surface area (Å²) in [4.78, 5) is 0. The number of anilines is 1. The first-order valence-electron chi connectivity index (χ1n) is 5.99. The van der Waals surface area contributed by atoms with Crippen LogP contribution in [0.15, 0.2) is 4.47 Å². The second kappa shape index (κ2) is 4.40. The Bertz CT molecular complexity index is 376. The summed E-state index contributed by atoms with van der Waals surface area (Å²) in [7, 11) is 0. The third-order valence-electron chi connectivity index (χ3n) is 3.55. The molecular formula is C12H20BrN3. The van der Waals surface area contributed by atoms with Crippen LogP contribution >= 0.6 is 15.9 Å². The van der Waals surface area contributed by atoms with Crippen LogP contribution in [0.2, 0.25) is 0 Å². The largest absolute Gasteiger partial charge is 0.383 e. The molecule has 1 saturated carbocycles. The average molecular weight is 286 g/mol. The number of nitrogens with zero attached hydrogens (tertiary/aromatic N) is 2. The second-order valence-corrected chi connectivity index (χ2v) is 6.09. The summed E-state index contributed by atoms with van der Waals surface area (Å²) < 4.78 is 2.98. The van der Waals surface area contributed by atoms with E-state index < -0.39 is 0 Å². The normalized spacial score (nSPS) is 30.6. The van der Waals surface area contributed by atoms with Gasteiger partial charge in [-0.15, -0.1) is 0 Å². The molecule has 0 bridgehead atoms. The maximum Gasteiger partial charge on any atom is 0.136 e. The van der Waals surface area contributed by atoms with Crippen LogP contribution in [-0.2, 0) is 0 Å². The Morgan fingerprint density at radius 2 is 1.81 bits per heavy atom. The Hall–Kier alpha value is -0.510. The molecular weight excluding hydrogens is 266 g/mol. The van der Waals surface area contributed by atoms with Crippen molar-refractivity contribution in [1.29, 1.82) is 0 Å². The van der Waals surface area contributed by atoms with Crippen molar-refractivity contribution in [2.75, 3.05) is 5.73 Å². The highest BCUT2D eigenvalue weighted by molar-refractivity contribution is 9.10. The van der Waals surface area contributed by atoms with Gasteiger partial charge >= 0.3 is 0 Å². The van der Waals surface area contributed by atoms with Crippen molar-refractivity contribution < 1.29 is 0 Å². The summed E-state index contributed by atoms with van der Waals surface area (Å²) in [5.74, 6) is 2.33. The lowest BCUT2D eigenvalue weighted by Gasteiger charge is -2.32. The molecule has 0 aliphatic heterocycles. The Balaban J connectivity index is 2.26. The van der Waals surface area contributed by atoms with Crippen LogP contribution in [0.5, 0.6) is 0 Å². The van der Waals surface area contributed by atoms with Crippen molar-refractivity contribution in [3.63, 3.8) is 0 Å². The lowest BCUT2D eigenvalue weighted by atomic mass is 9.80. The van der Waals surface area contributed by atoms with Gasteiger partial charge in [0.05, 0.1) is 16.2 Å². The lowest BCUT2D eigenvalue weighted by molar-refractivity contribution is 0.211. The van der Waals surface area contributed by atoms with E-state index in [0.29, 0.717) is 6.04 Å². The molecule has 2 atom stereocenters. The minimum Gasteiger partial charge on any atom is -0.383 e. The average Bonchev–Trinajstić information content (AvgIpc) is 2.44. The van der Waals surface area contributed by atoms with E-state index in [1.54, 1.807) is 0 Å². The maximum atomic E-state index is 6.08. The van der Waals surface area contributed by atoms with Crippen LogP contribution < -0.4 is 5.73 Å². The van der Waals surface area contributed by atoms with Crippen molar-refractivity contribution >= 4 is 21.7 Å². The van der Waals surface area contributed by atoms with Gasteiger partial charge in [-0.25, -0.2) is 4.68 Å². The lowest BCUT2D eigenvalue weighted by Crippen LogP contribution is -2.24. The molecule has 1 aliphatic carbocycles. The number of aryl methyl sites for hydroxylation is 1. The van der Waals surface area contributed by atoms with Crippen LogP contribution in [0.4, 0.5) is 5.82 Å². The Morgan fingerprint density at radius 1 is 1.25 bits per heavy atom. The van der Waals surface area contributed by atoms with E-state index >= 15 is 0 Å². The molecule has 0 amide bonds. The van der Waals surface area contributed by atoms with Crippen molar-refractivity contribution in [1.82, 2.24) is 9.78 Å². The summed E-state index contributed by atoms with van der Waals surface area (Å²) in [6.07, 6.45) is 3.72. The van der Waals surface area contributed by atoms with E-state index in [1.807, 2.05) is 11.6 Å². The van der Waals surface area contributed by atoms with Gasteiger partial charge in [-0.2, -0.15) is 5.10 Å². The smallest absolute Gasteiger partial charge is 0.136 e. The molecule has 1 aromatic rings. The second-order valence-electron chi connectivity index (χ2n) is 5.30. The predicted octanol–water partition coefficient (Wildman–Crippen LogP) is 3.53. The van der Waals surface area contributed by atoms with E-state index in [1.165, 1.54) is 19.3 Å².